The molecule has 0 bridgehead atoms. The quantitative estimate of drug-likeness (QED) is 0.590. The van der Waals surface area contributed by atoms with Crippen molar-refractivity contribution >= 4 is 11.9 Å². The monoisotopic (exact) mass is 290 g/mol. The van der Waals surface area contributed by atoms with Crippen LogP contribution >= 0.6 is 0 Å². The molecule has 1 heterocycles. The van der Waals surface area contributed by atoms with E-state index in [-0.39, 0.29) is 12.5 Å². The fraction of sp³-hybridized carbons (Fsp3) is 0.467. The summed E-state index contributed by atoms with van der Waals surface area (Å²) in [4.78, 5) is 17.8. The van der Waals surface area contributed by atoms with Gasteiger partial charge in [-0.05, 0) is 12.0 Å². The normalized spacial score (nSPS) is 15.8. The number of nitrogens with one attached hydrogen (secondary N) is 1. The minimum Gasteiger partial charge on any atom is -0.378 e. The summed E-state index contributed by atoms with van der Waals surface area (Å²) in [6, 6.07) is 10.0. The van der Waals surface area contributed by atoms with Gasteiger partial charge in [0.2, 0.25) is 5.91 Å². The largest absolute Gasteiger partial charge is 0.378 e. The number of ether oxygens (including phenoxy) is 1. The molecule has 2 rings (SSSR count). The molecule has 1 aromatic rings. The van der Waals surface area contributed by atoms with Crippen LogP contribution in [0.5, 0.6) is 0 Å². The second-order valence-corrected chi connectivity index (χ2v) is 4.86. The summed E-state index contributed by atoms with van der Waals surface area (Å²) in [5.41, 5.74) is 7.06. The summed E-state index contributed by atoms with van der Waals surface area (Å²) >= 11 is 0. The van der Waals surface area contributed by atoms with Crippen molar-refractivity contribution < 1.29 is 9.53 Å². The molecule has 1 fully saturated rings. The molecular formula is C15H22N4O2. The van der Waals surface area contributed by atoms with Gasteiger partial charge in [0.1, 0.15) is 6.54 Å². The lowest BCUT2D eigenvalue weighted by molar-refractivity contribution is -0.119. The van der Waals surface area contributed by atoms with Gasteiger partial charge in [0.25, 0.3) is 0 Å². The van der Waals surface area contributed by atoms with Crippen LogP contribution < -0.4 is 11.1 Å². The van der Waals surface area contributed by atoms with Crippen molar-refractivity contribution in [3.8, 4) is 0 Å². The number of hydrogen-bond donors (Lipinski definition) is 2. The van der Waals surface area contributed by atoms with Crippen molar-refractivity contribution in [3.63, 3.8) is 0 Å². The molecule has 0 radical (unpaired) electrons. The zero-order valence-electron chi connectivity index (χ0n) is 12.1. The van der Waals surface area contributed by atoms with Crippen LogP contribution in [0.2, 0.25) is 0 Å². The van der Waals surface area contributed by atoms with E-state index in [0.717, 1.165) is 19.5 Å². The standard InChI is InChI=1S/C15H22N4O2/c16-15(19-8-10-21-11-9-19)18-12-14(20)17-7-6-13-4-2-1-3-5-13/h1-5H,6-12H2,(H2,16,18)(H,17,20). The third kappa shape index (κ3) is 5.43. The predicted molar refractivity (Wildman–Crippen MR) is 82.0 cm³/mol. The fourth-order valence-corrected chi connectivity index (χ4v) is 2.09. The maximum Gasteiger partial charge on any atom is 0.241 e. The van der Waals surface area contributed by atoms with Crippen LogP contribution in [0.4, 0.5) is 0 Å². The van der Waals surface area contributed by atoms with Crippen molar-refractivity contribution in [1.82, 2.24) is 10.2 Å². The molecule has 6 heteroatoms. The van der Waals surface area contributed by atoms with Crippen molar-refractivity contribution in [1.29, 1.82) is 0 Å². The zero-order valence-corrected chi connectivity index (χ0v) is 12.1. The Morgan fingerprint density at radius 3 is 2.71 bits per heavy atom. The molecule has 0 aliphatic carbocycles. The van der Waals surface area contributed by atoms with Gasteiger partial charge in [-0.3, -0.25) is 4.79 Å². The number of hydrogen-bond acceptors (Lipinski definition) is 3. The van der Waals surface area contributed by atoms with Crippen LogP contribution in [0.25, 0.3) is 0 Å². The number of carbonyl (C=O) groups is 1. The maximum absolute atomic E-state index is 11.7. The first-order valence-corrected chi connectivity index (χ1v) is 7.19. The predicted octanol–water partition coefficient (Wildman–Crippen LogP) is -0.00780. The third-order valence-electron chi connectivity index (χ3n) is 3.30. The van der Waals surface area contributed by atoms with E-state index in [1.807, 2.05) is 35.2 Å². The lowest BCUT2D eigenvalue weighted by Crippen LogP contribution is -2.45. The second kappa shape index (κ2) is 8.26. The smallest absolute Gasteiger partial charge is 0.241 e. The summed E-state index contributed by atoms with van der Waals surface area (Å²) in [5.74, 6) is 0.304. The summed E-state index contributed by atoms with van der Waals surface area (Å²) in [5, 5.41) is 2.84. The van der Waals surface area contributed by atoms with Gasteiger partial charge in [0.15, 0.2) is 5.96 Å². The molecular weight excluding hydrogens is 268 g/mol. The molecule has 0 atom stereocenters. The Balaban J connectivity index is 1.67. The highest BCUT2D eigenvalue weighted by Gasteiger charge is 2.12. The molecule has 1 saturated heterocycles. The van der Waals surface area contributed by atoms with Crippen LogP contribution in [-0.2, 0) is 16.0 Å². The average molecular weight is 290 g/mol. The number of rotatable bonds is 5. The Hall–Kier alpha value is -2.08. The van der Waals surface area contributed by atoms with Gasteiger partial charge in [-0.1, -0.05) is 30.3 Å². The lowest BCUT2D eigenvalue weighted by Gasteiger charge is -2.27. The maximum atomic E-state index is 11.7. The molecule has 3 N–H and O–H groups in total. The Labute approximate surface area is 125 Å². The molecule has 0 aromatic heterocycles. The van der Waals surface area contributed by atoms with Gasteiger partial charge in [-0.15, -0.1) is 0 Å². The van der Waals surface area contributed by atoms with E-state index in [2.05, 4.69) is 10.3 Å². The van der Waals surface area contributed by atoms with Gasteiger partial charge in [-0.2, -0.15) is 0 Å². The van der Waals surface area contributed by atoms with E-state index in [1.165, 1.54) is 5.56 Å². The number of morpholine rings is 1. The summed E-state index contributed by atoms with van der Waals surface area (Å²) in [6.45, 7) is 3.43. The first-order valence-electron chi connectivity index (χ1n) is 7.19. The van der Waals surface area contributed by atoms with Gasteiger partial charge in [0, 0.05) is 19.6 Å². The summed E-state index contributed by atoms with van der Waals surface area (Å²) in [7, 11) is 0. The highest BCUT2D eigenvalue weighted by Crippen LogP contribution is 1.98. The number of nitrogens with two attached hydrogens (primary N) is 1. The van der Waals surface area contributed by atoms with E-state index in [4.69, 9.17) is 10.5 Å². The van der Waals surface area contributed by atoms with Crippen LogP contribution in [0.15, 0.2) is 35.3 Å². The summed E-state index contributed by atoms with van der Waals surface area (Å²) in [6.07, 6.45) is 0.815. The van der Waals surface area contributed by atoms with Crippen LogP contribution in [0.1, 0.15) is 5.56 Å². The lowest BCUT2D eigenvalue weighted by atomic mass is 10.1. The Morgan fingerprint density at radius 2 is 2.00 bits per heavy atom. The number of guanidine groups is 1. The van der Waals surface area contributed by atoms with E-state index in [1.54, 1.807) is 0 Å². The Kier molecular flexibility index (Phi) is 6.02. The molecule has 1 aliphatic rings. The highest BCUT2D eigenvalue weighted by atomic mass is 16.5. The molecule has 1 aromatic carbocycles. The molecule has 0 spiro atoms. The third-order valence-corrected chi connectivity index (χ3v) is 3.30. The molecule has 0 saturated carbocycles. The molecule has 21 heavy (non-hydrogen) atoms. The molecule has 1 amide bonds. The van der Waals surface area contributed by atoms with Crippen LogP contribution in [0, 0.1) is 0 Å². The van der Waals surface area contributed by atoms with Gasteiger partial charge in [0.05, 0.1) is 13.2 Å². The topological polar surface area (TPSA) is 79.9 Å². The van der Waals surface area contributed by atoms with Gasteiger partial charge in [-0.25, -0.2) is 4.99 Å². The SMILES string of the molecule is NC(=NCC(=O)NCCc1ccccc1)N1CCOCC1. The first-order chi connectivity index (χ1) is 10.3. The van der Waals surface area contributed by atoms with Crippen LogP contribution in [0.3, 0.4) is 0 Å². The second-order valence-electron chi connectivity index (χ2n) is 4.86. The minimum atomic E-state index is -0.109. The van der Waals surface area contributed by atoms with Gasteiger partial charge >= 0.3 is 0 Å². The van der Waals surface area contributed by atoms with E-state index in [9.17, 15) is 4.79 Å². The van der Waals surface area contributed by atoms with Crippen LogP contribution in [-0.4, -0.2) is 56.2 Å². The number of amides is 1. The van der Waals surface area contributed by atoms with Crippen molar-refractivity contribution in [2.45, 2.75) is 6.42 Å². The van der Waals surface area contributed by atoms with Crippen molar-refractivity contribution in [3.05, 3.63) is 35.9 Å². The van der Waals surface area contributed by atoms with E-state index in [0.29, 0.717) is 25.7 Å². The Bertz CT molecular complexity index is 470. The average Bonchev–Trinajstić information content (AvgIpc) is 2.54. The van der Waals surface area contributed by atoms with E-state index >= 15 is 0 Å². The fourth-order valence-electron chi connectivity index (χ4n) is 2.09. The molecule has 114 valence electrons. The first kappa shape index (κ1) is 15.3. The number of carbonyl (C=O) groups excluding carboxylic acids is 1. The molecule has 0 unspecified atom stereocenters. The molecule has 6 nitrogen and oxygen atoms in total. The number of aliphatic imine (C=N–C) groups is 1. The highest BCUT2D eigenvalue weighted by molar-refractivity contribution is 5.84. The van der Waals surface area contributed by atoms with Crippen molar-refractivity contribution in [2.24, 2.45) is 10.7 Å². The minimum absolute atomic E-state index is 0.0674. The summed E-state index contributed by atoms with van der Waals surface area (Å²) < 4.78 is 5.24. The zero-order chi connectivity index (χ0) is 14.9. The Morgan fingerprint density at radius 1 is 1.29 bits per heavy atom. The van der Waals surface area contributed by atoms with Crippen molar-refractivity contribution in [2.75, 3.05) is 39.4 Å². The van der Waals surface area contributed by atoms with Gasteiger partial charge < -0.3 is 20.7 Å². The number of benzene rings is 1. The molecule has 1 aliphatic heterocycles. The number of nitrogens with zero attached hydrogens (tertiary/aromatic N) is 2. The van der Waals surface area contributed by atoms with E-state index < -0.39 is 0 Å².